The van der Waals surface area contributed by atoms with E-state index in [2.05, 4.69) is 13.8 Å². The number of rotatable bonds is 3. The molecule has 2 aromatic rings. The summed E-state index contributed by atoms with van der Waals surface area (Å²) >= 11 is 0. The van der Waals surface area contributed by atoms with Crippen LogP contribution in [0.2, 0.25) is 0 Å². The van der Waals surface area contributed by atoms with Crippen LogP contribution in [-0.2, 0) is 23.4 Å². The third kappa shape index (κ3) is 3.49. The van der Waals surface area contributed by atoms with Crippen LogP contribution in [0, 0.1) is 0 Å². The number of benzene rings is 2. The van der Waals surface area contributed by atoms with E-state index in [0.717, 1.165) is 29.5 Å². The van der Waals surface area contributed by atoms with Crippen LogP contribution in [0.25, 0.3) is 11.1 Å². The first-order valence-electron chi connectivity index (χ1n) is 9.75. The number of aryl methyl sites for hydroxylation is 1. The number of fused-ring (bicyclic) bond motifs is 1. The quantitative estimate of drug-likeness (QED) is 0.513. The standard InChI is InChI=1S/C24H27F3O/c1-6-16-8-7-15(14-28)11-17(16)18-12-20-21(13-19(18)24(25,26)27)23(4,5)10-9-22(20,2)3/h7-8,11-14H,6,9-10H2,1-5H3. The van der Waals surface area contributed by atoms with Crippen molar-refractivity contribution in [2.24, 2.45) is 0 Å². The van der Waals surface area contributed by atoms with E-state index >= 15 is 0 Å². The summed E-state index contributed by atoms with van der Waals surface area (Å²) in [6.07, 6.45) is -1.42. The molecule has 0 aliphatic heterocycles. The molecular weight excluding hydrogens is 361 g/mol. The average Bonchev–Trinajstić information content (AvgIpc) is 2.63. The van der Waals surface area contributed by atoms with Gasteiger partial charge >= 0.3 is 6.18 Å². The lowest BCUT2D eigenvalue weighted by Gasteiger charge is -2.42. The molecule has 0 heterocycles. The van der Waals surface area contributed by atoms with Crippen LogP contribution in [0.15, 0.2) is 30.3 Å². The number of hydrogen-bond acceptors (Lipinski definition) is 1. The molecule has 1 nitrogen and oxygen atoms in total. The molecule has 0 atom stereocenters. The minimum atomic E-state index is -4.47. The Morgan fingerprint density at radius 2 is 1.50 bits per heavy atom. The topological polar surface area (TPSA) is 17.1 Å². The Morgan fingerprint density at radius 3 is 2.00 bits per heavy atom. The van der Waals surface area contributed by atoms with Crippen LogP contribution in [0.4, 0.5) is 13.2 Å². The summed E-state index contributed by atoms with van der Waals surface area (Å²) in [5.74, 6) is 0. The highest BCUT2D eigenvalue weighted by Gasteiger charge is 2.42. The maximum atomic E-state index is 14.1. The highest BCUT2D eigenvalue weighted by molar-refractivity contribution is 5.82. The van der Waals surface area contributed by atoms with E-state index in [1.807, 2.05) is 20.8 Å². The summed E-state index contributed by atoms with van der Waals surface area (Å²) in [6, 6.07) is 8.10. The van der Waals surface area contributed by atoms with Gasteiger partial charge in [-0.05, 0) is 76.1 Å². The van der Waals surface area contributed by atoms with Gasteiger partial charge in [-0.2, -0.15) is 13.2 Å². The van der Waals surface area contributed by atoms with Crippen LogP contribution in [-0.4, -0.2) is 6.29 Å². The van der Waals surface area contributed by atoms with Crippen LogP contribution in [0.5, 0.6) is 0 Å². The van der Waals surface area contributed by atoms with Gasteiger partial charge < -0.3 is 0 Å². The molecule has 28 heavy (non-hydrogen) atoms. The highest BCUT2D eigenvalue weighted by atomic mass is 19.4. The van der Waals surface area contributed by atoms with Gasteiger partial charge in [-0.25, -0.2) is 0 Å². The SMILES string of the molecule is CCc1ccc(C=O)cc1-c1cc2c(cc1C(F)(F)F)C(C)(C)CCC2(C)C. The van der Waals surface area contributed by atoms with Crippen molar-refractivity contribution in [2.75, 3.05) is 0 Å². The Morgan fingerprint density at radius 1 is 0.929 bits per heavy atom. The predicted octanol–water partition coefficient (Wildman–Crippen LogP) is 7.10. The lowest BCUT2D eigenvalue weighted by Crippen LogP contribution is -2.34. The van der Waals surface area contributed by atoms with Crippen LogP contribution < -0.4 is 0 Å². The Kier molecular flexibility index (Phi) is 4.97. The Bertz CT molecular complexity index is 920. The van der Waals surface area contributed by atoms with Gasteiger partial charge in [0.25, 0.3) is 0 Å². The van der Waals surface area contributed by atoms with Crippen molar-refractivity contribution in [1.82, 2.24) is 0 Å². The number of aldehydes is 1. The second kappa shape index (κ2) is 6.75. The van der Waals surface area contributed by atoms with Crippen LogP contribution >= 0.6 is 0 Å². The molecule has 0 unspecified atom stereocenters. The molecule has 150 valence electrons. The molecule has 4 heteroatoms. The molecule has 0 bridgehead atoms. The maximum absolute atomic E-state index is 14.1. The Hall–Kier alpha value is -2.10. The van der Waals surface area contributed by atoms with E-state index in [9.17, 15) is 18.0 Å². The van der Waals surface area contributed by atoms with E-state index < -0.39 is 11.7 Å². The van der Waals surface area contributed by atoms with Crippen molar-refractivity contribution >= 4 is 6.29 Å². The average molecular weight is 388 g/mol. The summed E-state index contributed by atoms with van der Waals surface area (Å²) in [6.45, 7) is 10.1. The molecule has 0 amide bonds. The summed E-state index contributed by atoms with van der Waals surface area (Å²) in [5, 5.41) is 0. The minimum absolute atomic E-state index is 0.178. The molecule has 0 saturated carbocycles. The van der Waals surface area contributed by atoms with Gasteiger partial charge in [0.15, 0.2) is 0 Å². The predicted molar refractivity (Wildman–Crippen MR) is 107 cm³/mol. The van der Waals surface area contributed by atoms with Gasteiger partial charge in [0.1, 0.15) is 6.29 Å². The van der Waals surface area contributed by atoms with Crippen molar-refractivity contribution < 1.29 is 18.0 Å². The van der Waals surface area contributed by atoms with E-state index in [1.54, 1.807) is 24.3 Å². The van der Waals surface area contributed by atoms with Gasteiger partial charge in [-0.3, -0.25) is 4.79 Å². The summed E-state index contributed by atoms with van der Waals surface area (Å²) < 4.78 is 42.3. The molecular formula is C24H27F3O. The molecule has 0 saturated heterocycles. The van der Waals surface area contributed by atoms with E-state index in [1.165, 1.54) is 6.07 Å². The summed E-state index contributed by atoms with van der Waals surface area (Å²) in [5.41, 5.74) is 2.52. The highest BCUT2D eigenvalue weighted by Crippen LogP contribution is 2.50. The van der Waals surface area contributed by atoms with Gasteiger partial charge in [-0.15, -0.1) is 0 Å². The van der Waals surface area contributed by atoms with Gasteiger partial charge in [0, 0.05) is 5.56 Å². The first kappa shape index (κ1) is 20.6. The van der Waals surface area contributed by atoms with Crippen molar-refractivity contribution in [3.8, 4) is 11.1 Å². The van der Waals surface area contributed by atoms with Gasteiger partial charge in [0.2, 0.25) is 0 Å². The number of alkyl halides is 3. The Balaban J connectivity index is 2.41. The zero-order chi connectivity index (χ0) is 20.9. The monoisotopic (exact) mass is 388 g/mol. The zero-order valence-electron chi connectivity index (χ0n) is 17.1. The van der Waals surface area contributed by atoms with Gasteiger partial charge in [-0.1, -0.05) is 46.8 Å². The second-order valence-corrected chi connectivity index (χ2v) is 9.10. The molecule has 0 spiro atoms. The number of carbonyl (C=O) groups is 1. The molecule has 3 rings (SSSR count). The first-order chi connectivity index (χ1) is 12.9. The number of carbonyl (C=O) groups excluding carboxylic acids is 1. The van der Waals surface area contributed by atoms with Crippen LogP contribution in [0.1, 0.15) is 80.1 Å². The molecule has 0 aromatic heterocycles. The minimum Gasteiger partial charge on any atom is -0.298 e. The lowest BCUT2D eigenvalue weighted by atomic mass is 9.62. The fourth-order valence-electron chi connectivity index (χ4n) is 4.30. The number of hydrogen-bond donors (Lipinski definition) is 0. The number of halogens is 3. The van der Waals surface area contributed by atoms with Gasteiger partial charge in [0.05, 0.1) is 5.56 Å². The van der Waals surface area contributed by atoms with E-state index in [0.29, 0.717) is 23.8 Å². The van der Waals surface area contributed by atoms with E-state index in [-0.39, 0.29) is 16.4 Å². The van der Waals surface area contributed by atoms with Crippen molar-refractivity contribution in [3.63, 3.8) is 0 Å². The Labute approximate surface area is 165 Å². The second-order valence-electron chi connectivity index (χ2n) is 9.10. The normalized spacial score (nSPS) is 17.9. The summed E-state index contributed by atoms with van der Waals surface area (Å²) in [7, 11) is 0. The molecule has 1 aliphatic rings. The van der Waals surface area contributed by atoms with Crippen molar-refractivity contribution in [2.45, 2.75) is 70.9 Å². The maximum Gasteiger partial charge on any atom is 0.417 e. The van der Waals surface area contributed by atoms with Crippen LogP contribution in [0.3, 0.4) is 0 Å². The fourth-order valence-corrected chi connectivity index (χ4v) is 4.30. The summed E-state index contributed by atoms with van der Waals surface area (Å²) in [4.78, 5) is 11.3. The first-order valence-corrected chi connectivity index (χ1v) is 9.75. The van der Waals surface area contributed by atoms with Crippen molar-refractivity contribution in [3.05, 3.63) is 58.1 Å². The third-order valence-electron chi connectivity index (χ3n) is 6.24. The largest absolute Gasteiger partial charge is 0.417 e. The molecule has 0 N–H and O–H groups in total. The molecule has 0 fully saturated rings. The fraction of sp³-hybridized carbons (Fsp3) is 0.458. The molecule has 0 radical (unpaired) electrons. The van der Waals surface area contributed by atoms with Crippen molar-refractivity contribution in [1.29, 1.82) is 0 Å². The zero-order valence-corrected chi connectivity index (χ0v) is 17.1. The third-order valence-corrected chi connectivity index (χ3v) is 6.24. The smallest absolute Gasteiger partial charge is 0.298 e. The molecule has 2 aromatic carbocycles. The van der Waals surface area contributed by atoms with E-state index in [4.69, 9.17) is 0 Å². The lowest BCUT2D eigenvalue weighted by molar-refractivity contribution is -0.137. The molecule has 1 aliphatic carbocycles.